The van der Waals surface area contributed by atoms with Gasteiger partial charge in [-0.05, 0) is 19.3 Å². The van der Waals surface area contributed by atoms with Gasteiger partial charge in [0, 0.05) is 19.5 Å². The molecule has 0 heterocycles. The first-order chi connectivity index (χ1) is 8.26. The maximum atomic E-state index is 11.5. The van der Waals surface area contributed by atoms with Gasteiger partial charge >= 0.3 is 0 Å². The van der Waals surface area contributed by atoms with Crippen molar-refractivity contribution in [3.8, 4) is 0 Å². The molecule has 0 radical (unpaired) electrons. The minimum absolute atomic E-state index is 0.181. The monoisotopic (exact) mass is 235 g/mol. The molecule has 0 aliphatic heterocycles. The third-order valence-electron chi connectivity index (χ3n) is 2.40. The molecular formula is C15H25NO. The van der Waals surface area contributed by atoms with E-state index in [-0.39, 0.29) is 5.91 Å². The van der Waals surface area contributed by atoms with Crippen LogP contribution in [0.2, 0.25) is 0 Å². The minimum Gasteiger partial charge on any atom is -0.335 e. The van der Waals surface area contributed by atoms with Crippen molar-refractivity contribution in [3.63, 3.8) is 0 Å². The molecule has 0 aliphatic carbocycles. The van der Waals surface area contributed by atoms with E-state index in [1.807, 2.05) is 11.8 Å². The van der Waals surface area contributed by atoms with Gasteiger partial charge in [-0.3, -0.25) is 4.79 Å². The SMILES string of the molecule is C=CCN(C/C=C\CC/C=C\CC)C(=O)CC. The van der Waals surface area contributed by atoms with Gasteiger partial charge in [-0.15, -0.1) is 6.58 Å². The van der Waals surface area contributed by atoms with Crippen LogP contribution in [0.3, 0.4) is 0 Å². The lowest BCUT2D eigenvalue weighted by Gasteiger charge is -2.18. The van der Waals surface area contributed by atoms with Crippen molar-refractivity contribution in [3.05, 3.63) is 37.0 Å². The lowest BCUT2D eigenvalue weighted by molar-refractivity contribution is -0.129. The second kappa shape index (κ2) is 11.2. The second-order valence-electron chi connectivity index (χ2n) is 3.87. The maximum absolute atomic E-state index is 11.5. The highest BCUT2D eigenvalue weighted by Gasteiger charge is 2.06. The van der Waals surface area contributed by atoms with Gasteiger partial charge in [0.2, 0.25) is 5.91 Å². The average molecular weight is 235 g/mol. The highest BCUT2D eigenvalue weighted by atomic mass is 16.2. The summed E-state index contributed by atoms with van der Waals surface area (Å²) in [6.45, 7) is 9.01. The molecule has 0 aromatic carbocycles. The molecule has 2 nitrogen and oxygen atoms in total. The van der Waals surface area contributed by atoms with E-state index in [4.69, 9.17) is 0 Å². The smallest absolute Gasteiger partial charge is 0.222 e. The van der Waals surface area contributed by atoms with Crippen molar-refractivity contribution in [2.24, 2.45) is 0 Å². The van der Waals surface area contributed by atoms with Gasteiger partial charge in [0.15, 0.2) is 0 Å². The average Bonchev–Trinajstić information content (AvgIpc) is 2.35. The third-order valence-corrected chi connectivity index (χ3v) is 2.40. The summed E-state index contributed by atoms with van der Waals surface area (Å²) in [4.78, 5) is 13.4. The molecule has 0 N–H and O–H groups in total. The van der Waals surface area contributed by atoms with Crippen molar-refractivity contribution in [2.75, 3.05) is 13.1 Å². The number of carbonyl (C=O) groups is 1. The number of hydrogen-bond acceptors (Lipinski definition) is 1. The molecule has 2 heteroatoms. The summed E-state index contributed by atoms with van der Waals surface area (Å²) in [5, 5.41) is 0. The Morgan fingerprint density at radius 2 is 1.71 bits per heavy atom. The molecule has 0 bridgehead atoms. The lowest BCUT2D eigenvalue weighted by Crippen LogP contribution is -2.30. The zero-order valence-corrected chi connectivity index (χ0v) is 11.2. The highest BCUT2D eigenvalue weighted by Crippen LogP contribution is 1.98. The normalized spacial score (nSPS) is 11.2. The van der Waals surface area contributed by atoms with Crippen molar-refractivity contribution < 1.29 is 4.79 Å². The van der Waals surface area contributed by atoms with Crippen LogP contribution in [-0.4, -0.2) is 23.9 Å². The van der Waals surface area contributed by atoms with Gasteiger partial charge in [0.25, 0.3) is 0 Å². The minimum atomic E-state index is 0.181. The number of hydrogen-bond donors (Lipinski definition) is 0. The number of nitrogens with zero attached hydrogens (tertiary/aromatic N) is 1. The Bertz CT molecular complexity index is 266. The first-order valence-electron chi connectivity index (χ1n) is 6.44. The fraction of sp³-hybridized carbons (Fsp3) is 0.533. The Labute approximate surface area is 106 Å². The molecule has 0 aromatic heterocycles. The van der Waals surface area contributed by atoms with E-state index in [0.29, 0.717) is 19.5 Å². The molecule has 0 unspecified atom stereocenters. The standard InChI is InChI=1S/C15H25NO/c1-4-7-8-9-10-11-12-14-16(13-5-2)15(17)6-3/h5,7-8,11-12H,2,4,6,9-10,13-14H2,1,3H3/b8-7-,12-11-. The predicted octanol–water partition coefficient (Wildman–Crippen LogP) is 3.71. The summed E-state index contributed by atoms with van der Waals surface area (Å²) in [7, 11) is 0. The van der Waals surface area contributed by atoms with Crippen molar-refractivity contribution in [1.29, 1.82) is 0 Å². The molecule has 0 spiro atoms. The van der Waals surface area contributed by atoms with E-state index in [1.165, 1.54) is 0 Å². The van der Waals surface area contributed by atoms with Gasteiger partial charge in [-0.2, -0.15) is 0 Å². The second-order valence-corrected chi connectivity index (χ2v) is 3.87. The van der Waals surface area contributed by atoms with Crippen LogP contribution in [0.4, 0.5) is 0 Å². The van der Waals surface area contributed by atoms with Crippen LogP contribution in [0.1, 0.15) is 39.5 Å². The maximum Gasteiger partial charge on any atom is 0.222 e. The van der Waals surface area contributed by atoms with Crippen molar-refractivity contribution >= 4 is 5.91 Å². The topological polar surface area (TPSA) is 20.3 Å². The number of carbonyl (C=O) groups excluding carboxylic acids is 1. The first-order valence-corrected chi connectivity index (χ1v) is 6.44. The zero-order chi connectivity index (χ0) is 12.9. The number of rotatable bonds is 9. The Kier molecular flexibility index (Phi) is 10.3. The van der Waals surface area contributed by atoms with E-state index in [2.05, 4.69) is 37.8 Å². The van der Waals surface area contributed by atoms with Gasteiger partial charge in [0.05, 0.1) is 0 Å². The molecule has 17 heavy (non-hydrogen) atoms. The molecular weight excluding hydrogens is 210 g/mol. The molecule has 1 amide bonds. The van der Waals surface area contributed by atoms with Crippen molar-refractivity contribution in [1.82, 2.24) is 4.90 Å². The molecule has 0 fully saturated rings. The van der Waals surface area contributed by atoms with Gasteiger partial charge in [-0.1, -0.05) is 44.2 Å². The van der Waals surface area contributed by atoms with Crippen LogP contribution in [0.15, 0.2) is 37.0 Å². The van der Waals surface area contributed by atoms with E-state index >= 15 is 0 Å². The zero-order valence-electron chi connectivity index (χ0n) is 11.2. The fourth-order valence-electron chi connectivity index (χ4n) is 1.45. The van der Waals surface area contributed by atoms with Crippen LogP contribution in [0, 0.1) is 0 Å². The van der Waals surface area contributed by atoms with E-state index in [0.717, 1.165) is 19.3 Å². The van der Waals surface area contributed by atoms with Crippen LogP contribution >= 0.6 is 0 Å². The Hall–Kier alpha value is -1.31. The number of allylic oxidation sites excluding steroid dienone is 3. The predicted molar refractivity (Wildman–Crippen MR) is 74.9 cm³/mol. The van der Waals surface area contributed by atoms with Crippen LogP contribution in [-0.2, 0) is 4.79 Å². The molecule has 0 saturated heterocycles. The van der Waals surface area contributed by atoms with E-state index < -0.39 is 0 Å². The summed E-state index contributed by atoms with van der Waals surface area (Å²) in [5.41, 5.74) is 0. The van der Waals surface area contributed by atoms with Gasteiger partial charge in [-0.25, -0.2) is 0 Å². The highest BCUT2D eigenvalue weighted by molar-refractivity contribution is 5.76. The first kappa shape index (κ1) is 15.7. The third kappa shape index (κ3) is 8.49. The van der Waals surface area contributed by atoms with E-state index in [1.54, 1.807) is 6.08 Å². The van der Waals surface area contributed by atoms with Crippen LogP contribution in [0.25, 0.3) is 0 Å². The fourth-order valence-corrected chi connectivity index (χ4v) is 1.45. The summed E-state index contributed by atoms with van der Waals surface area (Å²) < 4.78 is 0. The molecule has 0 rings (SSSR count). The molecule has 0 saturated carbocycles. The van der Waals surface area contributed by atoms with Crippen molar-refractivity contribution in [2.45, 2.75) is 39.5 Å². The Morgan fingerprint density at radius 3 is 2.24 bits per heavy atom. The lowest BCUT2D eigenvalue weighted by atomic mass is 10.2. The summed E-state index contributed by atoms with van der Waals surface area (Å²) in [6.07, 6.45) is 14.1. The quantitative estimate of drug-likeness (QED) is 0.440. The molecule has 0 atom stereocenters. The van der Waals surface area contributed by atoms with E-state index in [9.17, 15) is 4.79 Å². The summed E-state index contributed by atoms with van der Waals surface area (Å²) in [5.74, 6) is 0.181. The number of amides is 1. The molecule has 0 aromatic rings. The number of unbranched alkanes of at least 4 members (excludes halogenated alkanes) is 1. The molecule has 96 valence electrons. The Morgan fingerprint density at radius 1 is 1.06 bits per heavy atom. The molecule has 0 aliphatic rings. The van der Waals surface area contributed by atoms with Crippen LogP contribution in [0.5, 0.6) is 0 Å². The van der Waals surface area contributed by atoms with Gasteiger partial charge in [0.1, 0.15) is 0 Å². The van der Waals surface area contributed by atoms with Gasteiger partial charge < -0.3 is 4.90 Å². The summed E-state index contributed by atoms with van der Waals surface area (Å²) >= 11 is 0. The largest absolute Gasteiger partial charge is 0.335 e. The Balaban J connectivity index is 3.87. The summed E-state index contributed by atoms with van der Waals surface area (Å²) in [6, 6.07) is 0. The van der Waals surface area contributed by atoms with Crippen LogP contribution < -0.4 is 0 Å².